The Kier molecular flexibility index (Phi) is 6.61. The van der Waals surface area contributed by atoms with E-state index in [-0.39, 0.29) is 36.8 Å². The lowest BCUT2D eigenvalue weighted by Crippen LogP contribution is -2.47. The van der Waals surface area contributed by atoms with E-state index in [4.69, 9.17) is 0 Å². The molecule has 0 unspecified atom stereocenters. The smallest absolute Gasteiger partial charge is 0.342 e. The molecule has 9 nitrogen and oxygen atoms in total. The molecule has 1 saturated heterocycles. The monoisotopic (exact) mass is 510 g/mol. The normalized spacial score (nSPS) is 20.2. The molecule has 3 heterocycles. The number of pyridine rings is 1. The minimum atomic E-state index is -1.38. The molecular formula is C26H28F2N6O3. The fourth-order valence-corrected chi connectivity index (χ4v) is 4.84. The molecule has 0 radical (unpaired) electrons. The van der Waals surface area contributed by atoms with Crippen molar-refractivity contribution in [2.75, 3.05) is 6.54 Å². The summed E-state index contributed by atoms with van der Waals surface area (Å²) in [6, 6.07) is 10.5. The van der Waals surface area contributed by atoms with Gasteiger partial charge in [0, 0.05) is 26.1 Å². The minimum Gasteiger partial charge on any atom is -0.342 e. The van der Waals surface area contributed by atoms with E-state index >= 15 is 0 Å². The lowest BCUT2D eigenvalue weighted by molar-refractivity contribution is -0.138. The van der Waals surface area contributed by atoms with Crippen LogP contribution in [0.2, 0.25) is 0 Å². The number of hydrogen-bond acceptors (Lipinski definition) is 5. The summed E-state index contributed by atoms with van der Waals surface area (Å²) in [7, 11) is 2.97. The van der Waals surface area contributed by atoms with Gasteiger partial charge < -0.3 is 10.2 Å². The summed E-state index contributed by atoms with van der Waals surface area (Å²) in [6.07, 6.45) is 0.0676. The third-order valence-electron chi connectivity index (χ3n) is 7.03. The molecule has 2 fully saturated rings. The maximum Gasteiger partial charge on any atom is 0.345 e. The summed E-state index contributed by atoms with van der Waals surface area (Å²) in [5.74, 6) is -1.23. The zero-order valence-electron chi connectivity index (χ0n) is 20.6. The van der Waals surface area contributed by atoms with Crippen LogP contribution in [0.3, 0.4) is 0 Å². The summed E-state index contributed by atoms with van der Waals surface area (Å²) in [5, 5.41) is 6.92. The number of alkyl halides is 1. The molecule has 1 N–H and O–H groups in total. The number of likely N-dealkylation sites (tertiary alicyclic amines) is 1. The van der Waals surface area contributed by atoms with Crippen molar-refractivity contribution >= 4 is 11.8 Å². The highest BCUT2D eigenvalue weighted by Crippen LogP contribution is 2.41. The second-order valence-corrected chi connectivity index (χ2v) is 9.70. The highest BCUT2D eigenvalue weighted by Gasteiger charge is 2.41. The number of carbonyl (C=O) groups is 2. The van der Waals surface area contributed by atoms with Crippen LogP contribution in [0.15, 0.2) is 47.3 Å². The Balaban J connectivity index is 1.38. The van der Waals surface area contributed by atoms with Gasteiger partial charge in [0.25, 0.3) is 0 Å². The van der Waals surface area contributed by atoms with Gasteiger partial charge in [-0.2, -0.15) is 9.49 Å². The zero-order chi connectivity index (χ0) is 26.3. The third kappa shape index (κ3) is 5.03. The minimum absolute atomic E-state index is 0.164. The van der Waals surface area contributed by atoms with Gasteiger partial charge in [-0.15, -0.1) is 0 Å². The SMILES string of the molecule is Cn1nc(CC(=O)N2C[C@H](F)C[C@H]2C(=O)N[C@@H](c2ccccc2)c2ccc(C3CC3)c(F)n2)n(C)c1=O. The predicted octanol–water partition coefficient (Wildman–Crippen LogP) is 1.92. The van der Waals surface area contributed by atoms with Crippen LogP contribution in [0.4, 0.5) is 8.78 Å². The van der Waals surface area contributed by atoms with Crippen LogP contribution in [-0.4, -0.2) is 54.8 Å². The number of amides is 2. The fraction of sp³-hybridized carbons (Fsp3) is 0.423. The van der Waals surface area contributed by atoms with Gasteiger partial charge in [-0.05, 0) is 30.4 Å². The van der Waals surface area contributed by atoms with Crippen LogP contribution in [0, 0.1) is 5.95 Å². The molecule has 3 atom stereocenters. The molecule has 1 aliphatic heterocycles. The first-order valence-electron chi connectivity index (χ1n) is 12.3. The summed E-state index contributed by atoms with van der Waals surface area (Å²) in [6.45, 7) is -0.239. The van der Waals surface area contributed by atoms with Crippen molar-refractivity contribution in [3.8, 4) is 0 Å². The summed E-state index contributed by atoms with van der Waals surface area (Å²) >= 11 is 0. The molecule has 1 saturated carbocycles. The quantitative estimate of drug-likeness (QED) is 0.490. The molecule has 1 aromatic carbocycles. The molecule has 2 aromatic heterocycles. The van der Waals surface area contributed by atoms with Crippen molar-refractivity contribution in [1.82, 2.24) is 29.5 Å². The predicted molar refractivity (Wildman–Crippen MR) is 130 cm³/mol. The van der Waals surface area contributed by atoms with E-state index in [2.05, 4.69) is 15.4 Å². The number of carbonyl (C=O) groups excluding carboxylic acids is 2. The lowest BCUT2D eigenvalue weighted by atomic mass is 10.0. The van der Waals surface area contributed by atoms with Crippen molar-refractivity contribution in [1.29, 1.82) is 0 Å². The number of aromatic nitrogens is 4. The van der Waals surface area contributed by atoms with Crippen LogP contribution in [0.1, 0.15) is 53.9 Å². The van der Waals surface area contributed by atoms with E-state index < -0.39 is 36.0 Å². The molecule has 37 heavy (non-hydrogen) atoms. The summed E-state index contributed by atoms with van der Waals surface area (Å²) in [4.78, 5) is 43.8. The molecule has 2 aliphatic rings. The number of nitrogens with zero attached hydrogens (tertiary/aromatic N) is 5. The maximum atomic E-state index is 14.8. The van der Waals surface area contributed by atoms with E-state index in [9.17, 15) is 23.2 Å². The molecule has 194 valence electrons. The lowest BCUT2D eigenvalue weighted by Gasteiger charge is -2.26. The van der Waals surface area contributed by atoms with Gasteiger partial charge in [0.1, 0.15) is 18.0 Å². The third-order valence-corrected chi connectivity index (χ3v) is 7.03. The van der Waals surface area contributed by atoms with Crippen molar-refractivity contribution in [3.05, 3.63) is 81.5 Å². The first-order chi connectivity index (χ1) is 17.7. The van der Waals surface area contributed by atoms with E-state index in [1.54, 1.807) is 36.4 Å². The Labute approximate surface area is 212 Å². The van der Waals surface area contributed by atoms with Crippen LogP contribution >= 0.6 is 0 Å². The van der Waals surface area contributed by atoms with Gasteiger partial charge in [-0.1, -0.05) is 36.4 Å². The van der Waals surface area contributed by atoms with Gasteiger partial charge in [-0.25, -0.2) is 18.9 Å². The second kappa shape index (κ2) is 9.87. The van der Waals surface area contributed by atoms with Gasteiger partial charge in [-0.3, -0.25) is 14.2 Å². The number of nitrogens with one attached hydrogen (secondary N) is 1. The maximum absolute atomic E-state index is 14.8. The van der Waals surface area contributed by atoms with Crippen molar-refractivity contribution in [3.63, 3.8) is 0 Å². The van der Waals surface area contributed by atoms with Crippen LogP contribution in [-0.2, 0) is 30.1 Å². The first kappa shape index (κ1) is 24.8. The van der Waals surface area contributed by atoms with E-state index in [1.165, 1.54) is 23.6 Å². The highest BCUT2D eigenvalue weighted by atomic mass is 19.1. The molecule has 1 aliphatic carbocycles. The highest BCUT2D eigenvalue weighted by molar-refractivity contribution is 5.89. The fourth-order valence-electron chi connectivity index (χ4n) is 4.84. The number of halogens is 2. The molecule has 11 heteroatoms. The average molecular weight is 511 g/mol. The molecule has 0 spiro atoms. The van der Waals surface area contributed by atoms with Crippen LogP contribution in [0.5, 0.6) is 0 Å². The van der Waals surface area contributed by atoms with Gasteiger partial charge >= 0.3 is 5.69 Å². The Bertz CT molecular complexity index is 1380. The molecule has 5 rings (SSSR count). The number of rotatable bonds is 7. The van der Waals surface area contributed by atoms with Crippen molar-refractivity contribution < 1.29 is 18.4 Å². The second-order valence-electron chi connectivity index (χ2n) is 9.70. The molecule has 3 aromatic rings. The van der Waals surface area contributed by atoms with E-state index in [1.807, 2.05) is 6.07 Å². The van der Waals surface area contributed by atoms with Gasteiger partial charge in [0.05, 0.1) is 24.7 Å². The van der Waals surface area contributed by atoms with Crippen LogP contribution < -0.4 is 11.0 Å². The summed E-state index contributed by atoms with van der Waals surface area (Å²) in [5.41, 5.74) is 1.18. The Morgan fingerprint density at radius 3 is 2.49 bits per heavy atom. The van der Waals surface area contributed by atoms with E-state index in [0.29, 0.717) is 16.8 Å². The summed E-state index contributed by atoms with van der Waals surface area (Å²) < 4.78 is 31.6. The average Bonchev–Trinajstić information content (AvgIpc) is 3.61. The largest absolute Gasteiger partial charge is 0.345 e. The topological polar surface area (TPSA) is 102 Å². The Hall–Kier alpha value is -3.89. The molecule has 0 bridgehead atoms. The van der Waals surface area contributed by atoms with Gasteiger partial charge in [0.15, 0.2) is 0 Å². The molecule has 2 amide bonds. The number of benzene rings is 1. The number of aryl methyl sites for hydroxylation is 1. The Morgan fingerprint density at radius 1 is 1.14 bits per heavy atom. The number of hydrogen-bond donors (Lipinski definition) is 1. The standard InChI is InChI=1S/C26H28F2N6O3/c1-32-21(31-33(2)26(32)37)13-22(35)34-14-17(27)12-20(34)25(36)30-23(16-6-4-3-5-7-16)19-11-10-18(15-8-9-15)24(28)29-19/h3-7,10-11,15,17,20,23H,8-9,12-14H2,1-2H3,(H,30,36)/t17-,20+,23+/m1/s1. The van der Waals surface area contributed by atoms with Crippen molar-refractivity contribution in [2.45, 2.75) is 49.9 Å². The first-order valence-corrected chi connectivity index (χ1v) is 12.3. The Morgan fingerprint density at radius 2 is 1.86 bits per heavy atom. The van der Waals surface area contributed by atoms with Crippen molar-refractivity contribution in [2.24, 2.45) is 14.1 Å². The van der Waals surface area contributed by atoms with E-state index in [0.717, 1.165) is 17.5 Å². The van der Waals surface area contributed by atoms with Crippen LogP contribution in [0.25, 0.3) is 0 Å². The molecular weight excluding hydrogens is 482 g/mol. The van der Waals surface area contributed by atoms with Gasteiger partial charge in [0.2, 0.25) is 17.8 Å². The zero-order valence-corrected chi connectivity index (χ0v) is 20.6.